The van der Waals surface area contributed by atoms with Gasteiger partial charge in [0.1, 0.15) is 5.82 Å². The van der Waals surface area contributed by atoms with Gasteiger partial charge in [-0.25, -0.2) is 12.8 Å². The van der Waals surface area contributed by atoms with Gasteiger partial charge in [0.25, 0.3) is 0 Å². The highest BCUT2D eigenvalue weighted by Gasteiger charge is 2.08. The number of hydrogen-bond acceptors (Lipinski definition) is 2. The number of benzene rings is 1. The van der Waals surface area contributed by atoms with Crippen LogP contribution in [0.1, 0.15) is 0 Å². The smallest absolute Gasteiger partial charge is 0.175 e. The topological polar surface area (TPSA) is 34.1 Å². The fourth-order valence-corrected chi connectivity index (χ4v) is 1.70. The molecule has 0 aliphatic heterocycles. The molecule has 5 heteroatoms. The fraction of sp³-hybridized carbons (Fsp3) is 0.143. The van der Waals surface area contributed by atoms with Crippen molar-refractivity contribution in [3.63, 3.8) is 0 Å². The van der Waals surface area contributed by atoms with Crippen molar-refractivity contribution in [1.82, 2.24) is 0 Å². The second-order valence-electron chi connectivity index (χ2n) is 2.38. The van der Waals surface area contributed by atoms with Crippen LogP contribution >= 0.6 is 11.6 Å². The molecule has 0 amide bonds. The Morgan fingerprint density at radius 3 is 2.33 bits per heavy atom. The molecule has 0 fully saturated rings. The first-order valence-electron chi connectivity index (χ1n) is 3.06. The first-order chi connectivity index (χ1) is 5.39. The summed E-state index contributed by atoms with van der Waals surface area (Å²) in [5.74, 6) is -0.650. The van der Waals surface area contributed by atoms with Crippen molar-refractivity contribution in [1.29, 1.82) is 0 Å². The molecule has 1 aromatic rings. The van der Waals surface area contributed by atoms with Crippen molar-refractivity contribution in [2.45, 2.75) is 4.90 Å². The molecule has 2 nitrogen and oxygen atoms in total. The van der Waals surface area contributed by atoms with Crippen molar-refractivity contribution in [2.75, 3.05) is 6.26 Å². The van der Waals surface area contributed by atoms with E-state index in [1.807, 2.05) is 0 Å². The Labute approximate surface area is 74.9 Å². The van der Waals surface area contributed by atoms with Gasteiger partial charge in [0.05, 0.1) is 4.90 Å². The van der Waals surface area contributed by atoms with Crippen LogP contribution in [0.25, 0.3) is 0 Å². The Kier molecular flexibility index (Phi) is 2.39. The maximum absolute atomic E-state index is 12.6. The quantitative estimate of drug-likeness (QED) is 0.706. The van der Waals surface area contributed by atoms with Crippen LogP contribution in [0.5, 0.6) is 0 Å². The summed E-state index contributed by atoms with van der Waals surface area (Å²) in [5, 5.41) is 0.0791. The predicted molar refractivity (Wildman–Crippen MR) is 44.5 cm³/mol. The summed E-state index contributed by atoms with van der Waals surface area (Å²) >= 11 is 5.45. The zero-order chi connectivity index (χ0) is 9.35. The maximum Gasteiger partial charge on any atom is 0.175 e. The molecular formula is C7H6ClFO2S. The van der Waals surface area contributed by atoms with Gasteiger partial charge >= 0.3 is 0 Å². The molecule has 0 bridgehead atoms. The Bertz CT molecular complexity index is 380. The Morgan fingerprint density at radius 1 is 1.33 bits per heavy atom. The van der Waals surface area contributed by atoms with Gasteiger partial charge in [0.2, 0.25) is 0 Å². The van der Waals surface area contributed by atoms with E-state index in [1.165, 1.54) is 6.07 Å². The lowest BCUT2D eigenvalue weighted by molar-refractivity contribution is 0.596. The molecule has 0 radical (unpaired) electrons. The van der Waals surface area contributed by atoms with Crippen molar-refractivity contribution < 1.29 is 12.8 Å². The van der Waals surface area contributed by atoms with E-state index in [0.717, 1.165) is 18.4 Å². The van der Waals surface area contributed by atoms with E-state index >= 15 is 0 Å². The van der Waals surface area contributed by atoms with Crippen LogP contribution in [0, 0.1) is 5.82 Å². The minimum atomic E-state index is -3.37. The SMILES string of the molecule is CS(=O)(=O)c1cc(F)cc(Cl)c1. The largest absolute Gasteiger partial charge is 0.224 e. The summed E-state index contributed by atoms with van der Waals surface area (Å²) in [5.41, 5.74) is 0. The first kappa shape index (κ1) is 9.48. The van der Waals surface area contributed by atoms with E-state index in [1.54, 1.807) is 0 Å². The molecule has 0 unspecified atom stereocenters. The molecule has 66 valence electrons. The van der Waals surface area contributed by atoms with Crippen molar-refractivity contribution in [3.05, 3.63) is 29.0 Å². The van der Waals surface area contributed by atoms with E-state index in [9.17, 15) is 12.8 Å². The molecule has 0 aliphatic carbocycles. The van der Waals surface area contributed by atoms with Gasteiger partial charge in [-0.05, 0) is 18.2 Å². The van der Waals surface area contributed by atoms with Crippen LogP contribution in [0.3, 0.4) is 0 Å². The molecule has 0 aliphatic rings. The lowest BCUT2D eigenvalue weighted by Crippen LogP contribution is -1.97. The van der Waals surface area contributed by atoms with Crippen LogP contribution in [0.15, 0.2) is 23.1 Å². The van der Waals surface area contributed by atoms with Gasteiger partial charge in [-0.15, -0.1) is 0 Å². The fourth-order valence-electron chi connectivity index (χ4n) is 0.743. The van der Waals surface area contributed by atoms with Gasteiger partial charge in [0, 0.05) is 11.3 Å². The summed E-state index contributed by atoms with van der Waals surface area (Å²) in [6, 6.07) is 3.19. The predicted octanol–water partition coefficient (Wildman–Crippen LogP) is 1.88. The van der Waals surface area contributed by atoms with Crippen LogP contribution in [0.2, 0.25) is 5.02 Å². The molecule has 0 aromatic heterocycles. The molecule has 0 atom stereocenters. The Hall–Kier alpha value is -0.610. The number of hydrogen-bond donors (Lipinski definition) is 0. The summed E-state index contributed by atoms with van der Waals surface area (Å²) in [6.45, 7) is 0. The summed E-state index contributed by atoms with van der Waals surface area (Å²) in [7, 11) is -3.37. The molecule has 12 heavy (non-hydrogen) atoms. The summed E-state index contributed by atoms with van der Waals surface area (Å²) in [4.78, 5) is -0.104. The third-order valence-corrected chi connectivity index (χ3v) is 2.57. The zero-order valence-corrected chi connectivity index (χ0v) is 7.79. The van der Waals surface area contributed by atoms with Crippen LogP contribution < -0.4 is 0 Å². The highest BCUT2D eigenvalue weighted by Crippen LogP contribution is 2.17. The molecule has 0 spiro atoms. The van der Waals surface area contributed by atoms with Crippen LogP contribution in [0.4, 0.5) is 4.39 Å². The van der Waals surface area contributed by atoms with Gasteiger partial charge in [-0.3, -0.25) is 0 Å². The number of rotatable bonds is 1. The number of halogens is 2. The van der Waals surface area contributed by atoms with Crippen LogP contribution in [-0.2, 0) is 9.84 Å². The second-order valence-corrected chi connectivity index (χ2v) is 4.83. The highest BCUT2D eigenvalue weighted by molar-refractivity contribution is 7.90. The average Bonchev–Trinajstić information content (AvgIpc) is 1.82. The molecule has 0 N–H and O–H groups in total. The summed E-state index contributed by atoms with van der Waals surface area (Å²) in [6.07, 6.45) is 0.998. The second kappa shape index (κ2) is 3.03. The minimum absolute atomic E-state index is 0.0791. The lowest BCUT2D eigenvalue weighted by Gasteiger charge is -1.98. The van der Waals surface area contributed by atoms with E-state index < -0.39 is 15.7 Å². The number of sulfone groups is 1. The molecule has 0 saturated heterocycles. The normalized spacial score (nSPS) is 11.6. The van der Waals surface area contributed by atoms with Crippen LogP contribution in [-0.4, -0.2) is 14.7 Å². The molecular weight excluding hydrogens is 203 g/mol. The van der Waals surface area contributed by atoms with E-state index in [0.29, 0.717) is 0 Å². The Balaban J connectivity index is 3.37. The van der Waals surface area contributed by atoms with Crippen molar-refractivity contribution in [2.24, 2.45) is 0 Å². The highest BCUT2D eigenvalue weighted by atomic mass is 35.5. The molecule has 0 heterocycles. The third-order valence-electron chi connectivity index (χ3n) is 1.26. The van der Waals surface area contributed by atoms with E-state index in [2.05, 4.69) is 0 Å². The van der Waals surface area contributed by atoms with Gasteiger partial charge < -0.3 is 0 Å². The molecule has 0 saturated carbocycles. The lowest BCUT2D eigenvalue weighted by atomic mass is 10.3. The maximum atomic E-state index is 12.6. The monoisotopic (exact) mass is 208 g/mol. The van der Waals surface area contributed by atoms with E-state index in [-0.39, 0.29) is 9.92 Å². The minimum Gasteiger partial charge on any atom is -0.224 e. The molecule has 1 aromatic carbocycles. The van der Waals surface area contributed by atoms with Gasteiger partial charge in [-0.1, -0.05) is 11.6 Å². The average molecular weight is 209 g/mol. The Morgan fingerprint density at radius 2 is 1.92 bits per heavy atom. The third kappa shape index (κ3) is 2.19. The molecule has 1 rings (SSSR count). The standard InChI is InChI=1S/C7H6ClFO2S/c1-12(10,11)7-3-5(8)2-6(9)4-7/h2-4H,1H3. The van der Waals surface area contributed by atoms with E-state index in [4.69, 9.17) is 11.6 Å². The zero-order valence-electron chi connectivity index (χ0n) is 6.21. The van der Waals surface area contributed by atoms with Crippen molar-refractivity contribution >= 4 is 21.4 Å². The first-order valence-corrected chi connectivity index (χ1v) is 5.33. The van der Waals surface area contributed by atoms with Gasteiger partial charge in [-0.2, -0.15) is 0 Å². The van der Waals surface area contributed by atoms with Crippen molar-refractivity contribution in [3.8, 4) is 0 Å². The van der Waals surface area contributed by atoms with Gasteiger partial charge in [0.15, 0.2) is 9.84 Å². The summed E-state index contributed by atoms with van der Waals surface area (Å²) < 4.78 is 34.4.